The number of aryl methyl sites for hydroxylation is 1. The summed E-state index contributed by atoms with van der Waals surface area (Å²) in [5.41, 5.74) is 3.80. The van der Waals surface area contributed by atoms with Gasteiger partial charge in [0.1, 0.15) is 0 Å². The quantitative estimate of drug-likeness (QED) is 0.812. The van der Waals surface area contributed by atoms with Gasteiger partial charge in [0, 0.05) is 10.8 Å². The third kappa shape index (κ3) is 2.74. The molecule has 0 aliphatic rings. The lowest BCUT2D eigenvalue weighted by atomic mass is 9.85. The van der Waals surface area contributed by atoms with Crippen LogP contribution in [0.2, 0.25) is 0 Å². The van der Waals surface area contributed by atoms with Crippen LogP contribution in [0.15, 0.2) is 18.5 Å². The van der Waals surface area contributed by atoms with Crippen LogP contribution in [0.1, 0.15) is 58.5 Å². The van der Waals surface area contributed by atoms with Gasteiger partial charge >= 0.3 is 5.95 Å². The van der Waals surface area contributed by atoms with Gasteiger partial charge in [0.05, 0.1) is 11.4 Å². The second-order valence-electron chi connectivity index (χ2n) is 7.45. The Hall–Kier alpha value is -1.71. The van der Waals surface area contributed by atoms with Crippen molar-refractivity contribution in [1.29, 1.82) is 0 Å². The molecule has 20 heavy (non-hydrogen) atoms. The van der Waals surface area contributed by atoms with E-state index >= 15 is 0 Å². The largest absolute Gasteiger partial charge is 0.422 e. The first-order valence-corrected chi connectivity index (χ1v) is 7.04. The summed E-state index contributed by atoms with van der Waals surface area (Å²) in [6, 6.07) is 4.47. The molecular weight excluding hydrogens is 248 g/mol. The molecule has 0 spiro atoms. The van der Waals surface area contributed by atoms with Gasteiger partial charge in [0.25, 0.3) is 0 Å². The van der Waals surface area contributed by atoms with E-state index in [-0.39, 0.29) is 10.8 Å². The standard InChI is InChI=1S/C16H25N4/c1-11-8-12(15(2,3)4)20(14-17-10-18-19-14)13(9-11)16(5,6)7/h8-10H,1-7H3,(H,17,18,19)/q+1. The van der Waals surface area contributed by atoms with Crippen LogP contribution < -0.4 is 4.57 Å². The van der Waals surface area contributed by atoms with E-state index in [1.807, 2.05) is 0 Å². The van der Waals surface area contributed by atoms with Crippen molar-refractivity contribution in [2.75, 3.05) is 0 Å². The molecule has 2 aromatic heterocycles. The van der Waals surface area contributed by atoms with Gasteiger partial charge in [-0.25, -0.2) is 4.57 Å². The lowest BCUT2D eigenvalue weighted by Crippen LogP contribution is -2.49. The molecule has 2 heterocycles. The van der Waals surface area contributed by atoms with Crippen LogP contribution >= 0.6 is 0 Å². The van der Waals surface area contributed by atoms with Crippen molar-refractivity contribution in [2.45, 2.75) is 59.3 Å². The van der Waals surface area contributed by atoms with E-state index in [4.69, 9.17) is 0 Å². The fourth-order valence-corrected chi connectivity index (χ4v) is 2.37. The molecule has 0 radical (unpaired) electrons. The summed E-state index contributed by atoms with van der Waals surface area (Å²) >= 11 is 0. The zero-order valence-electron chi connectivity index (χ0n) is 13.6. The number of aromatic nitrogens is 4. The second kappa shape index (κ2) is 4.69. The molecule has 0 amide bonds. The summed E-state index contributed by atoms with van der Waals surface area (Å²) in [5.74, 6) is 0.778. The zero-order chi connectivity index (χ0) is 15.1. The fourth-order valence-electron chi connectivity index (χ4n) is 2.37. The van der Waals surface area contributed by atoms with Gasteiger partial charge in [-0.2, -0.15) is 5.10 Å². The molecule has 0 aliphatic heterocycles. The summed E-state index contributed by atoms with van der Waals surface area (Å²) in [6.45, 7) is 15.5. The van der Waals surface area contributed by atoms with Crippen molar-refractivity contribution in [1.82, 2.24) is 15.2 Å². The van der Waals surface area contributed by atoms with Gasteiger partial charge in [0.15, 0.2) is 0 Å². The summed E-state index contributed by atoms with van der Waals surface area (Å²) < 4.78 is 2.21. The Balaban J connectivity index is 2.85. The van der Waals surface area contributed by atoms with Gasteiger partial charge in [-0.15, -0.1) is 0 Å². The molecular formula is C16H25N4+. The molecule has 2 aromatic rings. The van der Waals surface area contributed by atoms with Crippen LogP contribution in [0, 0.1) is 6.92 Å². The van der Waals surface area contributed by atoms with Crippen LogP contribution in [0.25, 0.3) is 5.95 Å². The van der Waals surface area contributed by atoms with Crippen molar-refractivity contribution >= 4 is 0 Å². The minimum absolute atomic E-state index is 0.0266. The Morgan fingerprint density at radius 1 is 0.950 bits per heavy atom. The van der Waals surface area contributed by atoms with E-state index in [2.05, 4.69) is 80.3 Å². The lowest BCUT2D eigenvalue weighted by Gasteiger charge is -2.27. The number of aromatic amines is 1. The van der Waals surface area contributed by atoms with Crippen LogP contribution in [0.5, 0.6) is 0 Å². The van der Waals surface area contributed by atoms with Gasteiger partial charge in [-0.05, 0) is 24.6 Å². The maximum Gasteiger partial charge on any atom is 0.422 e. The number of nitrogens with one attached hydrogen (secondary N) is 1. The molecule has 4 heteroatoms. The van der Waals surface area contributed by atoms with E-state index in [9.17, 15) is 0 Å². The molecule has 108 valence electrons. The molecule has 0 fully saturated rings. The number of nitrogens with zero attached hydrogens (tertiary/aromatic N) is 3. The van der Waals surface area contributed by atoms with E-state index in [0.29, 0.717) is 0 Å². The van der Waals surface area contributed by atoms with Gasteiger partial charge in [-0.3, -0.25) is 0 Å². The highest BCUT2D eigenvalue weighted by Crippen LogP contribution is 2.26. The summed E-state index contributed by atoms with van der Waals surface area (Å²) in [4.78, 5) is 4.36. The highest BCUT2D eigenvalue weighted by atomic mass is 15.3. The predicted molar refractivity (Wildman–Crippen MR) is 80.1 cm³/mol. The first kappa shape index (κ1) is 14.7. The Morgan fingerprint density at radius 3 is 1.80 bits per heavy atom. The first-order valence-electron chi connectivity index (χ1n) is 7.04. The Kier molecular flexibility index (Phi) is 3.44. The molecule has 1 N–H and O–H groups in total. The third-order valence-electron chi connectivity index (χ3n) is 3.36. The highest BCUT2D eigenvalue weighted by Gasteiger charge is 2.31. The van der Waals surface area contributed by atoms with Gasteiger partial charge < -0.3 is 0 Å². The average Bonchev–Trinajstić information content (AvgIpc) is 2.78. The van der Waals surface area contributed by atoms with Crippen LogP contribution in [-0.4, -0.2) is 15.2 Å². The van der Waals surface area contributed by atoms with Crippen molar-refractivity contribution in [3.05, 3.63) is 35.4 Å². The van der Waals surface area contributed by atoms with E-state index < -0.39 is 0 Å². The minimum atomic E-state index is 0.0266. The maximum atomic E-state index is 4.36. The molecule has 0 saturated heterocycles. The van der Waals surface area contributed by atoms with Gasteiger partial charge in [0.2, 0.25) is 6.33 Å². The third-order valence-corrected chi connectivity index (χ3v) is 3.36. The number of rotatable bonds is 1. The van der Waals surface area contributed by atoms with Crippen LogP contribution in [0.4, 0.5) is 0 Å². The van der Waals surface area contributed by atoms with E-state index in [1.165, 1.54) is 17.0 Å². The summed E-state index contributed by atoms with van der Waals surface area (Å²) in [5, 5.41) is 7.01. The maximum absolute atomic E-state index is 4.36. The molecule has 4 nitrogen and oxygen atoms in total. The first-order chi connectivity index (χ1) is 9.10. The molecule has 0 atom stereocenters. The van der Waals surface area contributed by atoms with Crippen LogP contribution in [0.3, 0.4) is 0 Å². The van der Waals surface area contributed by atoms with Crippen LogP contribution in [-0.2, 0) is 10.8 Å². The molecule has 0 bridgehead atoms. The molecule has 2 rings (SSSR count). The Bertz CT molecular complexity index is 563. The lowest BCUT2D eigenvalue weighted by molar-refractivity contribution is -0.627. The summed E-state index contributed by atoms with van der Waals surface area (Å²) in [7, 11) is 0. The second-order valence-corrected chi connectivity index (χ2v) is 7.45. The smallest absolute Gasteiger partial charge is 0.201 e. The highest BCUT2D eigenvalue weighted by molar-refractivity contribution is 5.24. The average molecular weight is 273 g/mol. The van der Waals surface area contributed by atoms with Crippen molar-refractivity contribution in [3.8, 4) is 5.95 Å². The normalized spacial score (nSPS) is 12.8. The number of hydrogen-bond donors (Lipinski definition) is 1. The molecule has 0 saturated carbocycles. The molecule has 0 unspecified atom stereocenters. The van der Waals surface area contributed by atoms with Gasteiger partial charge in [-0.1, -0.05) is 51.6 Å². The van der Waals surface area contributed by atoms with Crippen molar-refractivity contribution in [3.63, 3.8) is 0 Å². The van der Waals surface area contributed by atoms with E-state index in [0.717, 1.165) is 5.95 Å². The van der Waals surface area contributed by atoms with E-state index in [1.54, 1.807) is 6.33 Å². The SMILES string of the molecule is Cc1cc(C(C)(C)C)[n+](-c2ncn[nH]2)c(C(C)(C)C)c1. The van der Waals surface area contributed by atoms with Crippen molar-refractivity contribution in [2.24, 2.45) is 0 Å². The Labute approximate surface area is 121 Å². The summed E-state index contributed by atoms with van der Waals surface area (Å²) in [6.07, 6.45) is 1.56. The monoisotopic (exact) mass is 273 g/mol. The topological polar surface area (TPSA) is 45.5 Å². The number of H-pyrrole nitrogens is 1. The predicted octanol–water partition coefficient (Wildman–Crippen LogP) is 2.98. The zero-order valence-corrected chi connectivity index (χ0v) is 13.6. The molecule has 0 aromatic carbocycles. The number of hydrogen-bond acceptors (Lipinski definition) is 2. The Morgan fingerprint density at radius 2 is 1.45 bits per heavy atom. The minimum Gasteiger partial charge on any atom is -0.201 e. The molecule has 0 aliphatic carbocycles. The fraction of sp³-hybridized carbons (Fsp3) is 0.562. The number of pyridine rings is 1. The van der Waals surface area contributed by atoms with Crippen molar-refractivity contribution < 1.29 is 4.57 Å².